The van der Waals surface area contributed by atoms with E-state index in [4.69, 9.17) is 9.41 Å². The van der Waals surface area contributed by atoms with Gasteiger partial charge in [-0.1, -0.05) is 133 Å². The van der Waals surface area contributed by atoms with Crippen LogP contribution in [0.2, 0.25) is 0 Å². The Morgan fingerprint density at radius 1 is 0.510 bits per heavy atom. The topological polar surface area (TPSA) is 59.4 Å². The maximum Gasteiger partial charge on any atom is 0.184 e. The van der Waals surface area contributed by atoms with Crippen molar-refractivity contribution in [2.75, 3.05) is 0 Å². The van der Waals surface area contributed by atoms with E-state index in [1.165, 1.54) is 10.8 Å². The third-order valence-electron chi connectivity index (χ3n) is 10.4. The second kappa shape index (κ2) is 10.9. The summed E-state index contributed by atoms with van der Waals surface area (Å²) < 4.78 is 11.6. The van der Waals surface area contributed by atoms with Gasteiger partial charge in [-0.3, -0.25) is 9.88 Å². The van der Waals surface area contributed by atoms with Crippen LogP contribution in [0, 0.1) is 0 Å². The zero-order chi connectivity index (χ0) is 33.5. The number of para-hydroxylation sites is 3. The summed E-state index contributed by atoms with van der Waals surface area (Å²) >= 11 is 0. The van der Waals surface area contributed by atoms with Gasteiger partial charge in [0.05, 0.1) is 22.1 Å². The monoisotopic (exact) mass is 657 g/mol. The van der Waals surface area contributed by atoms with Gasteiger partial charge in [-0.2, -0.15) is 0 Å². The molecule has 0 bridgehead atoms. The van der Waals surface area contributed by atoms with Crippen LogP contribution in [0.5, 0.6) is 0 Å². The molecule has 0 spiro atoms. The van der Waals surface area contributed by atoms with Gasteiger partial charge in [-0.25, -0.2) is 4.99 Å². The first-order valence-electron chi connectivity index (χ1n) is 17.4. The number of rotatable bonds is 4. The van der Waals surface area contributed by atoms with Gasteiger partial charge >= 0.3 is 0 Å². The molecule has 6 nitrogen and oxygen atoms in total. The molecular formula is C45H31N5O. The van der Waals surface area contributed by atoms with Crippen LogP contribution in [-0.4, -0.2) is 15.0 Å². The summed E-state index contributed by atoms with van der Waals surface area (Å²) in [4.78, 5) is 5.50. The highest BCUT2D eigenvalue weighted by Crippen LogP contribution is 2.45. The lowest BCUT2D eigenvalue weighted by Crippen LogP contribution is -2.46. The fourth-order valence-electron chi connectivity index (χ4n) is 8.17. The van der Waals surface area contributed by atoms with Crippen molar-refractivity contribution in [2.45, 2.75) is 12.5 Å². The van der Waals surface area contributed by atoms with E-state index in [0.29, 0.717) is 0 Å². The molecule has 2 atom stereocenters. The minimum atomic E-state index is -0.488. The van der Waals surface area contributed by atoms with Gasteiger partial charge in [0.25, 0.3) is 0 Å². The van der Waals surface area contributed by atoms with E-state index in [-0.39, 0.29) is 6.17 Å². The molecule has 0 saturated heterocycles. The van der Waals surface area contributed by atoms with Gasteiger partial charge in [0.2, 0.25) is 0 Å². The van der Waals surface area contributed by atoms with Crippen molar-refractivity contribution >= 4 is 71.4 Å². The summed E-state index contributed by atoms with van der Waals surface area (Å²) in [5, 5.41) is 14.5. The number of furan rings is 1. The molecule has 0 amide bonds. The SMILES string of the molecule is c1ccc(C2=NC(n3c4c(ccc5c6ccccc6oc54)c4ccc5c6ccccc6n(-c6ccccc6)c5c43)NC(c3ccccc3)N2)cc1. The van der Waals surface area contributed by atoms with Gasteiger partial charge in [0.1, 0.15) is 17.6 Å². The minimum Gasteiger partial charge on any atom is -0.454 e. The average molecular weight is 658 g/mol. The van der Waals surface area contributed by atoms with E-state index in [2.05, 4.69) is 171 Å². The van der Waals surface area contributed by atoms with E-state index in [1.54, 1.807) is 0 Å². The molecule has 2 unspecified atom stereocenters. The number of nitrogens with zero attached hydrogens (tertiary/aromatic N) is 3. The normalized spacial score (nSPS) is 16.4. The van der Waals surface area contributed by atoms with E-state index >= 15 is 0 Å². The third-order valence-corrected chi connectivity index (χ3v) is 10.4. The molecule has 6 heteroatoms. The Kier molecular flexibility index (Phi) is 6.05. The number of hydrogen-bond acceptors (Lipinski definition) is 4. The second-order valence-corrected chi connectivity index (χ2v) is 13.2. The molecule has 0 aliphatic carbocycles. The molecule has 7 aromatic carbocycles. The Balaban J connectivity index is 1.33. The quantitative estimate of drug-likeness (QED) is 0.198. The van der Waals surface area contributed by atoms with Crippen LogP contribution >= 0.6 is 0 Å². The van der Waals surface area contributed by atoms with Gasteiger partial charge in [-0.15, -0.1) is 0 Å². The highest BCUT2D eigenvalue weighted by atomic mass is 16.3. The summed E-state index contributed by atoms with van der Waals surface area (Å²) in [6, 6.07) is 57.7. The summed E-state index contributed by atoms with van der Waals surface area (Å²) in [6.07, 6.45) is -0.691. The molecule has 0 saturated carbocycles. The molecular weight excluding hydrogens is 627 g/mol. The molecule has 2 N–H and O–H groups in total. The van der Waals surface area contributed by atoms with Crippen molar-refractivity contribution in [1.29, 1.82) is 0 Å². The van der Waals surface area contributed by atoms with Crippen LogP contribution in [-0.2, 0) is 0 Å². The maximum absolute atomic E-state index is 6.82. The average Bonchev–Trinajstić information content (AvgIpc) is 3.87. The standard InChI is InChI=1S/C45H31N5O/c1-4-14-28(15-5-1)43-46-44(29-16-6-2-7-17-29)48-45(47-43)50-40-34(35-26-27-36-32-21-11-13-23-38(32)51-42(36)41(35)50)25-24-33-31-20-10-12-22-37(31)49(39(33)40)30-18-8-3-9-19-30/h1-27,43,45,47H,(H,46,48). The van der Waals surface area contributed by atoms with Crippen LogP contribution in [0.25, 0.3) is 71.2 Å². The van der Waals surface area contributed by atoms with Crippen LogP contribution in [0.3, 0.4) is 0 Å². The number of hydrogen-bond donors (Lipinski definition) is 2. The van der Waals surface area contributed by atoms with Crippen molar-refractivity contribution in [3.05, 3.63) is 175 Å². The van der Waals surface area contributed by atoms with Gasteiger partial charge in [0.15, 0.2) is 11.9 Å². The first-order chi connectivity index (χ1) is 25.3. The van der Waals surface area contributed by atoms with Crippen LogP contribution in [0.15, 0.2) is 173 Å². The third kappa shape index (κ3) is 4.17. The first-order valence-corrected chi connectivity index (χ1v) is 17.4. The molecule has 1 aliphatic rings. The molecule has 3 aromatic heterocycles. The summed E-state index contributed by atoms with van der Waals surface area (Å²) in [5.74, 6) is 0.829. The lowest BCUT2D eigenvalue weighted by Gasteiger charge is -2.33. The van der Waals surface area contributed by atoms with Crippen LogP contribution < -0.4 is 10.6 Å². The van der Waals surface area contributed by atoms with Gasteiger partial charge in [0, 0.05) is 43.6 Å². The Hall–Kier alpha value is -6.63. The molecule has 4 heterocycles. The van der Waals surface area contributed by atoms with Crippen molar-refractivity contribution in [3.63, 3.8) is 0 Å². The van der Waals surface area contributed by atoms with Crippen molar-refractivity contribution in [2.24, 2.45) is 4.99 Å². The molecule has 11 rings (SSSR count). The van der Waals surface area contributed by atoms with E-state index in [0.717, 1.165) is 77.4 Å². The highest BCUT2D eigenvalue weighted by Gasteiger charge is 2.31. The number of benzene rings is 7. The van der Waals surface area contributed by atoms with Crippen molar-refractivity contribution in [3.8, 4) is 5.69 Å². The highest BCUT2D eigenvalue weighted by molar-refractivity contribution is 6.27. The Morgan fingerprint density at radius 2 is 1.12 bits per heavy atom. The minimum absolute atomic E-state index is 0.203. The van der Waals surface area contributed by atoms with Crippen LogP contribution in [0.4, 0.5) is 0 Å². The smallest absolute Gasteiger partial charge is 0.184 e. The largest absolute Gasteiger partial charge is 0.454 e. The van der Waals surface area contributed by atoms with Gasteiger partial charge < -0.3 is 14.3 Å². The fraction of sp³-hybridized carbons (Fsp3) is 0.0444. The van der Waals surface area contributed by atoms with Crippen molar-refractivity contribution in [1.82, 2.24) is 19.8 Å². The molecule has 0 radical (unpaired) electrons. The number of aromatic nitrogens is 2. The van der Waals surface area contributed by atoms with E-state index in [9.17, 15) is 0 Å². The number of amidine groups is 1. The Bertz CT molecular complexity index is 2970. The molecule has 242 valence electrons. The summed E-state index contributed by atoms with van der Waals surface area (Å²) in [6.45, 7) is 0. The molecule has 0 fully saturated rings. The molecule has 10 aromatic rings. The number of aliphatic imine (C=N–C) groups is 1. The second-order valence-electron chi connectivity index (χ2n) is 13.2. The zero-order valence-electron chi connectivity index (χ0n) is 27.5. The van der Waals surface area contributed by atoms with Crippen LogP contribution in [0.1, 0.15) is 23.6 Å². The van der Waals surface area contributed by atoms with E-state index < -0.39 is 6.29 Å². The Labute approximate surface area is 292 Å². The number of nitrogens with one attached hydrogen (secondary N) is 2. The first kappa shape index (κ1) is 28.2. The predicted octanol–water partition coefficient (Wildman–Crippen LogP) is 10.6. The lowest BCUT2D eigenvalue weighted by atomic mass is 10.1. The van der Waals surface area contributed by atoms with Gasteiger partial charge in [-0.05, 0) is 35.9 Å². The molecule has 51 heavy (non-hydrogen) atoms. The zero-order valence-corrected chi connectivity index (χ0v) is 27.5. The Morgan fingerprint density at radius 3 is 1.90 bits per heavy atom. The number of fused-ring (bicyclic) bond motifs is 11. The maximum atomic E-state index is 6.82. The summed E-state index contributed by atoms with van der Waals surface area (Å²) in [5.41, 5.74) is 9.39. The predicted molar refractivity (Wildman–Crippen MR) is 209 cm³/mol. The van der Waals surface area contributed by atoms with Crippen molar-refractivity contribution < 1.29 is 4.42 Å². The molecule has 1 aliphatic heterocycles. The van der Waals surface area contributed by atoms with E-state index in [1.807, 2.05) is 12.1 Å². The summed E-state index contributed by atoms with van der Waals surface area (Å²) in [7, 11) is 0. The fourth-order valence-corrected chi connectivity index (χ4v) is 8.17. The lowest BCUT2D eigenvalue weighted by molar-refractivity contribution is 0.341.